The number of rotatable bonds is 3. The van der Waals surface area contributed by atoms with Gasteiger partial charge in [0.25, 0.3) is 0 Å². The van der Waals surface area contributed by atoms with Crippen molar-refractivity contribution < 1.29 is 28.4 Å². The fraction of sp³-hybridized carbons (Fsp3) is 0.600. The van der Waals surface area contributed by atoms with E-state index in [9.17, 15) is 14.4 Å². The molecule has 0 aliphatic carbocycles. The number of amides is 3. The third-order valence-corrected chi connectivity index (χ3v) is 6.39. The number of hydrogen-bond donors (Lipinski definition) is 0. The van der Waals surface area contributed by atoms with E-state index in [0.29, 0.717) is 50.9 Å². The van der Waals surface area contributed by atoms with E-state index in [0.717, 1.165) is 0 Å². The number of piperazine rings is 1. The molecule has 3 amide bonds. The van der Waals surface area contributed by atoms with Gasteiger partial charge in [0, 0.05) is 32.2 Å². The number of aryl methyl sites for hydroxylation is 1. The van der Waals surface area contributed by atoms with E-state index in [4.69, 9.17) is 14.0 Å². The number of anilines is 1. The van der Waals surface area contributed by atoms with Crippen LogP contribution in [0.1, 0.15) is 12.7 Å². The molecule has 5 rings (SSSR count). The summed E-state index contributed by atoms with van der Waals surface area (Å²) >= 11 is 0. The van der Waals surface area contributed by atoms with Gasteiger partial charge >= 0.3 is 6.09 Å². The molecule has 0 saturated carbocycles. The minimum absolute atomic E-state index is 0.105. The first-order valence-electron chi connectivity index (χ1n) is 10.3. The first-order chi connectivity index (χ1) is 14.4. The second kappa shape index (κ2) is 6.83. The molecule has 4 aliphatic heterocycles. The van der Waals surface area contributed by atoms with Crippen molar-refractivity contribution in [1.82, 2.24) is 15.0 Å². The van der Waals surface area contributed by atoms with Gasteiger partial charge in [0.05, 0.1) is 31.1 Å². The predicted molar refractivity (Wildman–Crippen MR) is 102 cm³/mol. The average molecular weight is 416 g/mol. The van der Waals surface area contributed by atoms with Crippen LogP contribution in [0.4, 0.5) is 10.6 Å². The minimum Gasteiger partial charge on any atom is -0.450 e. The van der Waals surface area contributed by atoms with E-state index in [1.807, 2.05) is 12.2 Å². The number of carbonyl (C=O) groups is 3. The Bertz CT molecular complexity index is 920. The molecule has 5 heterocycles. The third-order valence-electron chi connectivity index (χ3n) is 6.39. The van der Waals surface area contributed by atoms with Crippen LogP contribution >= 0.6 is 0 Å². The lowest BCUT2D eigenvalue weighted by Gasteiger charge is -2.36. The molecule has 0 aromatic carbocycles. The normalized spacial score (nSPS) is 32.1. The Morgan fingerprint density at radius 3 is 2.67 bits per heavy atom. The lowest BCUT2D eigenvalue weighted by molar-refractivity contribution is -0.141. The zero-order chi connectivity index (χ0) is 21.0. The van der Waals surface area contributed by atoms with Crippen molar-refractivity contribution >= 4 is 23.7 Å². The highest BCUT2D eigenvalue weighted by atomic mass is 16.6. The Morgan fingerprint density at radius 1 is 1.27 bits per heavy atom. The Hall–Kier alpha value is -2.88. The molecule has 3 unspecified atom stereocenters. The van der Waals surface area contributed by atoms with Crippen LogP contribution < -0.4 is 4.90 Å². The summed E-state index contributed by atoms with van der Waals surface area (Å²) < 4.78 is 16.3. The Labute approximate surface area is 173 Å². The van der Waals surface area contributed by atoms with Gasteiger partial charge < -0.3 is 23.8 Å². The summed E-state index contributed by atoms with van der Waals surface area (Å²) in [6, 6.07) is 1.71. The summed E-state index contributed by atoms with van der Waals surface area (Å²) in [7, 11) is 0. The molecule has 4 aliphatic rings. The predicted octanol–water partition coefficient (Wildman–Crippen LogP) is 0.570. The molecule has 3 fully saturated rings. The molecule has 0 radical (unpaired) electrons. The molecule has 10 nitrogen and oxygen atoms in total. The smallest absolute Gasteiger partial charge is 0.409 e. The van der Waals surface area contributed by atoms with E-state index >= 15 is 0 Å². The van der Waals surface area contributed by atoms with Gasteiger partial charge in [0.15, 0.2) is 5.82 Å². The molecule has 2 bridgehead atoms. The number of carbonyl (C=O) groups excluding carboxylic acids is 3. The molecular weight excluding hydrogens is 392 g/mol. The summed E-state index contributed by atoms with van der Waals surface area (Å²) in [5.74, 6) is -0.379. The SMILES string of the molecule is CCOC(=O)N1CCN(C(=O)C2C3C(=O)N(c4cc(C)on4)CC34C=C[C@H]2O4)CC1. The van der Waals surface area contributed by atoms with Gasteiger partial charge in [-0.05, 0) is 13.8 Å². The lowest BCUT2D eigenvalue weighted by Crippen LogP contribution is -2.54. The number of hydrogen-bond acceptors (Lipinski definition) is 7. The Kier molecular flexibility index (Phi) is 4.35. The van der Waals surface area contributed by atoms with Crippen LogP contribution in [0.5, 0.6) is 0 Å². The maximum atomic E-state index is 13.4. The monoisotopic (exact) mass is 416 g/mol. The van der Waals surface area contributed by atoms with E-state index in [2.05, 4.69) is 5.16 Å². The van der Waals surface area contributed by atoms with Gasteiger partial charge in [-0.15, -0.1) is 0 Å². The van der Waals surface area contributed by atoms with Crippen molar-refractivity contribution in [2.75, 3.05) is 44.2 Å². The van der Waals surface area contributed by atoms with Crippen LogP contribution in [0.25, 0.3) is 0 Å². The molecule has 4 atom stereocenters. The molecule has 1 spiro atoms. The van der Waals surface area contributed by atoms with Crippen LogP contribution in [0, 0.1) is 18.8 Å². The van der Waals surface area contributed by atoms with Gasteiger partial charge in [0.1, 0.15) is 11.4 Å². The maximum Gasteiger partial charge on any atom is 0.409 e. The van der Waals surface area contributed by atoms with E-state index in [-0.39, 0.29) is 17.9 Å². The minimum atomic E-state index is -0.804. The van der Waals surface area contributed by atoms with Crippen molar-refractivity contribution in [2.24, 2.45) is 11.8 Å². The zero-order valence-corrected chi connectivity index (χ0v) is 16.9. The average Bonchev–Trinajstić information content (AvgIpc) is 3.49. The molecule has 30 heavy (non-hydrogen) atoms. The zero-order valence-electron chi connectivity index (χ0n) is 16.9. The van der Waals surface area contributed by atoms with Crippen LogP contribution in [-0.4, -0.2) is 83.9 Å². The van der Waals surface area contributed by atoms with Gasteiger partial charge in [-0.1, -0.05) is 17.3 Å². The van der Waals surface area contributed by atoms with Crippen LogP contribution in [0.15, 0.2) is 22.7 Å². The van der Waals surface area contributed by atoms with Crippen molar-refractivity contribution in [2.45, 2.75) is 25.6 Å². The highest BCUT2D eigenvalue weighted by molar-refractivity contribution is 6.02. The topological polar surface area (TPSA) is 105 Å². The molecule has 1 aromatic heterocycles. The summed E-state index contributed by atoms with van der Waals surface area (Å²) in [5, 5.41) is 3.96. The maximum absolute atomic E-state index is 13.4. The Morgan fingerprint density at radius 2 is 2.00 bits per heavy atom. The van der Waals surface area contributed by atoms with Crippen molar-refractivity contribution in [3.8, 4) is 0 Å². The van der Waals surface area contributed by atoms with Gasteiger partial charge in [-0.3, -0.25) is 14.5 Å². The first-order valence-corrected chi connectivity index (χ1v) is 10.3. The molecular formula is C20H24N4O6. The molecule has 1 aromatic rings. The third kappa shape index (κ3) is 2.73. The summed E-state index contributed by atoms with van der Waals surface area (Å²) in [6.07, 6.45) is 3.03. The first kappa shape index (κ1) is 19.1. The fourth-order valence-electron chi connectivity index (χ4n) is 4.99. The van der Waals surface area contributed by atoms with Crippen molar-refractivity contribution in [3.63, 3.8) is 0 Å². The fourth-order valence-corrected chi connectivity index (χ4v) is 4.99. The van der Waals surface area contributed by atoms with E-state index < -0.39 is 23.5 Å². The summed E-state index contributed by atoms with van der Waals surface area (Å²) in [5.41, 5.74) is -0.804. The number of nitrogens with zero attached hydrogens (tertiary/aromatic N) is 4. The van der Waals surface area contributed by atoms with Gasteiger partial charge in [0.2, 0.25) is 11.8 Å². The lowest BCUT2D eigenvalue weighted by atomic mass is 9.76. The molecule has 10 heteroatoms. The Balaban J connectivity index is 1.32. The molecule has 0 N–H and O–H groups in total. The standard InChI is InChI=1S/C20H24N4O6/c1-3-28-19(27)23-8-6-22(7-9-23)17(25)15-13-4-5-20(29-13)11-24(18(26)16(15)20)14-10-12(2)30-21-14/h4-5,10,13,15-16H,3,6-9,11H2,1-2H3/t13-,15?,16?,20?/m1/s1. The van der Waals surface area contributed by atoms with Crippen molar-refractivity contribution in [3.05, 3.63) is 24.0 Å². The second-order valence-corrected chi connectivity index (χ2v) is 8.13. The van der Waals surface area contributed by atoms with Gasteiger partial charge in [-0.2, -0.15) is 0 Å². The number of ether oxygens (including phenoxy) is 2. The number of aromatic nitrogens is 1. The van der Waals surface area contributed by atoms with Crippen molar-refractivity contribution in [1.29, 1.82) is 0 Å². The van der Waals surface area contributed by atoms with E-state index in [1.54, 1.807) is 34.6 Å². The summed E-state index contributed by atoms with van der Waals surface area (Å²) in [4.78, 5) is 43.5. The quantitative estimate of drug-likeness (QED) is 0.664. The highest BCUT2D eigenvalue weighted by Gasteiger charge is 2.67. The van der Waals surface area contributed by atoms with Crippen LogP contribution in [0.3, 0.4) is 0 Å². The van der Waals surface area contributed by atoms with Crippen LogP contribution in [0.2, 0.25) is 0 Å². The number of fused-ring (bicyclic) bond motifs is 1. The summed E-state index contributed by atoms with van der Waals surface area (Å²) in [6.45, 7) is 5.79. The van der Waals surface area contributed by atoms with Gasteiger partial charge in [-0.25, -0.2) is 4.79 Å². The largest absolute Gasteiger partial charge is 0.450 e. The van der Waals surface area contributed by atoms with E-state index in [1.165, 1.54) is 0 Å². The second-order valence-electron chi connectivity index (χ2n) is 8.13. The van der Waals surface area contributed by atoms with Crippen LogP contribution in [-0.2, 0) is 19.1 Å². The molecule has 160 valence electrons. The highest BCUT2D eigenvalue weighted by Crippen LogP contribution is 2.53. The molecule has 3 saturated heterocycles.